The molecule has 1 aromatic rings. The van der Waals surface area contributed by atoms with E-state index in [0.717, 1.165) is 6.07 Å². The maximum Gasteiger partial charge on any atom is 0.573 e. The summed E-state index contributed by atoms with van der Waals surface area (Å²) in [5, 5.41) is 10.9. The van der Waals surface area contributed by atoms with Gasteiger partial charge in [0.25, 0.3) is 5.91 Å². The normalized spacial score (nSPS) is 12.4. The lowest BCUT2D eigenvalue weighted by molar-refractivity contribution is -0.274. The summed E-state index contributed by atoms with van der Waals surface area (Å²) in [6.07, 6.45) is -4.90. The Labute approximate surface area is 118 Å². The molecule has 0 unspecified atom stereocenters. The zero-order valence-corrected chi connectivity index (χ0v) is 11.1. The molecule has 0 fully saturated rings. The molecule has 0 aliphatic heterocycles. The van der Waals surface area contributed by atoms with Crippen molar-refractivity contribution in [2.45, 2.75) is 20.2 Å². The van der Waals surface area contributed by atoms with Crippen molar-refractivity contribution in [1.82, 2.24) is 0 Å². The minimum Gasteiger partial charge on any atom is -0.478 e. The third-order valence-electron chi connectivity index (χ3n) is 2.58. The number of rotatable bonds is 4. The van der Waals surface area contributed by atoms with Gasteiger partial charge in [0.05, 0.1) is 5.69 Å². The largest absolute Gasteiger partial charge is 0.573 e. The molecular formula is C13H12F3NO4. The molecule has 5 nitrogen and oxygen atoms in total. The fraction of sp³-hybridized carbons (Fsp3) is 0.231. The Balaban J connectivity index is 3.01. The Kier molecular flexibility index (Phi) is 4.96. The maximum atomic E-state index is 12.2. The van der Waals surface area contributed by atoms with E-state index in [9.17, 15) is 22.8 Å². The van der Waals surface area contributed by atoms with Gasteiger partial charge in [0, 0.05) is 11.1 Å². The predicted octanol–water partition coefficient (Wildman–Crippen LogP) is 2.94. The van der Waals surface area contributed by atoms with Crippen LogP contribution in [-0.4, -0.2) is 23.3 Å². The SMILES string of the molecule is CC(C(=O)O)=C(C)C(=O)Nc1ccccc1OC(F)(F)F. The molecule has 0 heterocycles. The number of para-hydroxylation sites is 2. The summed E-state index contributed by atoms with van der Waals surface area (Å²) < 4.78 is 40.5. The van der Waals surface area contributed by atoms with E-state index in [4.69, 9.17) is 5.11 Å². The third-order valence-corrected chi connectivity index (χ3v) is 2.58. The van der Waals surface area contributed by atoms with Gasteiger partial charge in [-0.05, 0) is 26.0 Å². The molecule has 0 saturated heterocycles. The Morgan fingerprint density at radius 1 is 1.14 bits per heavy atom. The number of carbonyl (C=O) groups excluding carboxylic acids is 1. The highest BCUT2D eigenvalue weighted by Crippen LogP contribution is 2.30. The third kappa shape index (κ3) is 4.83. The lowest BCUT2D eigenvalue weighted by Crippen LogP contribution is -2.20. The molecule has 0 atom stereocenters. The molecule has 114 valence electrons. The Bertz CT molecular complexity index is 593. The second-order valence-electron chi connectivity index (χ2n) is 4.05. The number of ether oxygens (including phenoxy) is 1. The number of alkyl halides is 3. The molecule has 0 saturated carbocycles. The van der Waals surface area contributed by atoms with Crippen LogP contribution in [0.1, 0.15) is 13.8 Å². The molecule has 8 heteroatoms. The summed E-state index contributed by atoms with van der Waals surface area (Å²) in [4.78, 5) is 22.5. The van der Waals surface area contributed by atoms with Gasteiger partial charge >= 0.3 is 12.3 Å². The number of benzene rings is 1. The van der Waals surface area contributed by atoms with Gasteiger partial charge in [0.2, 0.25) is 0 Å². The highest BCUT2D eigenvalue weighted by Gasteiger charge is 2.32. The summed E-state index contributed by atoms with van der Waals surface area (Å²) in [6.45, 7) is 2.47. The summed E-state index contributed by atoms with van der Waals surface area (Å²) >= 11 is 0. The van der Waals surface area contributed by atoms with Crippen LogP contribution in [-0.2, 0) is 9.59 Å². The number of amides is 1. The van der Waals surface area contributed by atoms with Crippen molar-refractivity contribution in [1.29, 1.82) is 0 Å². The van der Waals surface area contributed by atoms with Gasteiger partial charge in [-0.2, -0.15) is 0 Å². The minimum atomic E-state index is -4.90. The first kappa shape index (κ1) is 16.5. The van der Waals surface area contributed by atoms with Gasteiger partial charge in [-0.3, -0.25) is 4.79 Å². The molecule has 1 aromatic carbocycles. The van der Waals surface area contributed by atoms with E-state index in [0.29, 0.717) is 0 Å². The molecule has 1 amide bonds. The first-order valence-electron chi connectivity index (χ1n) is 5.68. The van der Waals surface area contributed by atoms with Gasteiger partial charge in [-0.15, -0.1) is 13.2 Å². The molecule has 0 aliphatic rings. The molecular weight excluding hydrogens is 291 g/mol. The van der Waals surface area contributed by atoms with Crippen LogP contribution in [0.3, 0.4) is 0 Å². The summed E-state index contributed by atoms with van der Waals surface area (Å²) in [6, 6.07) is 4.96. The van der Waals surface area contributed by atoms with Gasteiger partial charge in [-0.1, -0.05) is 12.1 Å². The monoisotopic (exact) mass is 303 g/mol. The van der Waals surface area contributed by atoms with Crippen LogP contribution in [0.2, 0.25) is 0 Å². The number of hydrogen-bond donors (Lipinski definition) is 2. The first-order valence-corrected chi connectivity index (χ1v) is 5.68. The average molecular weight is 303 g/mol. The zero-order valence-electron chi connectivity index (χ0n) is 11.1. The van der Waals surface area contributed by atoms with Crippen LogP contribution in [0, 0.1) is 0 Å². The molecule has 0 radical (unpaired) electrons. The van der Waals surface area contributed by atoms with E-state index >= 15 is 0 Å². The highest BCUT2D eigenvalue weighted by molar-refractivity contribution is 6.08. The molecule has 2 N–H and O–H groups in total. The fourth-order valence-corrected chi connectivity index (χ4v) is 1.33. The molecule has 0 aliphatic carbocycles. The molecule has 0 bridgehead atoms. The number of carbonyl (C=O) groups is 2. The highest BCUT2D eigenvalue weighted by atomic mass is 19.4. The van der Waals surface area contributed by atoms with E-state index in [1.54, 1.807) is 0 Å². The topological polar surface area (TPSA) is 75.6 Å². The number of aliphatic carboxylic acids is 1. The van der Waals surface area contributed by atoms with E-state index in [2.05, 4.69) is 10.1 Å². The van der Waals surface area contributed by atoms with Crippen LogP contribution in [0.5, 0.6) is 5.75 Å². The van der Waals surface area contributed by atoms with Gasteiger partial charge < -0.3 is 15.2 Å². The number of anilines is 1. The maximum absolute atomic E-state index is 12.2. The molecule has 0 aromatic heterocycles. The number of nitrogens with one attached hydrogen (secondary N) is 1. The average Bonchev–Trinajstić information content (AvgIpc) is 2.37. The second-order valence-corrected chi connectivity index (χ2v) is 4.05. The summed E-state index contributed by atoms with van der Waals surface area (Å²) in [7, 11) is 0. The molecule has 21 heavy (non-hydrogen) atoms. The van der Waals surface area contributed by atoms with Crippen LogP contribution in [0.4, 0.5) is 18.9 Å². The number of halogens is 3. The number of carboxylic acid groups (broad SMARTS) is 1. The standard InChI is InChI=1S/C13H12F3NO4/c1-7(8(2)12(19)20)11(18)17-9-5-3-4-6-10(9)21-13(14,15)16/h3-6H,1-2H3,(H,17,18)(H,19,20). The van der Waals surface area contributed by atoms with Crippen LogP contribution in [0.25, 0.3) is 0 Å². The van der Waals surface area contributed by atoms with Crippen LogP contribution < -0.4 is 10.1 Å². The molecule has 0 spiro atoms. The van der Waals surface area contributed by atoms with Crippen molar-refractivity contribution in [3.05, 3.63) is 35.4 Å². The zero-order chi connectivity index (χ0) is 16.2. The lowest BCUT2D eigenvalue weighted by atomic mass is 10.1. The van der Waals surface area contributed by atoms with Gasteiger partial charge in [0.15, 0.2) is 5.75 Å². The summed E-state index contributed by atoms with van der Waals surface area (Å²) in [5.41, 5.74) is -0.539. The van der Waals surface area contributed by atoms with E-state index in [-0.39, 0.29) is 16.8 Å². The lowest BCUT2D eigenvalue weighted by Gasteiger charge is -2.14. The summed E-state index contributed by atoms with van der Waals surface area (Å²) in [5.74, 6) is -2.70. The Morgan fingerprint density at radius 3 is 2.24 bits per heavy atom. The van der Waals surface area contributed by atoms with E-state index < -0.39 is 24.0 Å². The minimum absolute atomic E-state index is 0.121. The predicted molar refractivity (Wildman–Crippen MR) is 67.8 cm³/mol. The van der Waals surface area contributed by atoms with Crippen molar-refractivity contribution in [2.24, 2.45) is 0 Å². The van der Waals surface area contributed by atoms with Crippen LogP contribution >= 0.6 is 0 Å². The van der Waals surface area contributed by atoms with Crippen molar-refractivity contribution in [3.63, 3.8) is 0 Å². The number of hydrogen-bond acceptors (Lipinski definition) is 3. The van der Waals surface area contributed by atoms with E-state index in [1.807, 2.05) is 0 Å². The van der Waals surface area contributed by atoms with Crippen molar-refractivity contribution in [3.8, 4) is 5.75 Å². The second kappa shape index (κ2) is 6.29. The van der Waals surface area contributed by atoms with Crippen molar-refractivity contribution in [2.75, 3.05) is 5.32 Å². The smallest absolute Gasteiger partial charge is 0.478 e. The Hall–Kier alpha value is -2.51. The fourth-order valence-electron chi connectivity index (χ4n) is 1.33. The van der Waals surface area contributed by atoms with Gasteiger partial charge in [0.1, 0.15) is 0 Å². The van der Waals surface area contributed by atoms with Gasteiger partial charge in [-0.25, -0.2) is 4.79 Å². The van der Waals surface area contributed by atoms with Crippen molar-refractivity contribution >= 4 is 17.6 Å². The number of carboxylic acids is 1. The Morgan fingerprint density at radius 2 is 1.71 bits per heavy atom. The quantitative estimate of drug-likeness (QED) is 0.839. The first-order chi connectivity index (χ1) is 9.61. The van der Waals surface area contributed by atoms with Crippen molar-refractivity contribution < 1.29 is 32.6 Å². The van der Waals surface area contributed by atoms with Crippen LogP contribution in [0.15, 0.2) is 35.4 Å². The van der Waals surface area contributed by atoms with E-state index in [1.165, 1.54) is 32.0 Å². The molecule has 1 rings (SSSR count).